The molecule has 1 N–H and O–H groups in total. The van der Waals surface area contributed by atoms with Gasteiger partial charge in [0.2, 0.25) is 5.58 Å². The van der Waals surface area contributed by atoms with Crippen molar-refractivity contribution in [3.05, 3.63) is 47.3 Å². The van der Waals surface area contributed by atoms with Crippen LogP contribution in [0.25, 0.3) is 11.0 Å². The molecule has 0 atom stereocenters. The van der Waals surface area contributed by atoms with E-state index in [-0.39, 0.29) is 28.8 Å². The average molecular weight is 357 g/mol. The quantitative estimate of drug-likeness (QED) is 0.433. The van der Waals surface area contributed by atoms with Gasteiger partial charge in [-0.15, -0.1) is 0 Å². The Kier molecular flexibility index (Phi) is 4.44. The number of fused-ring (bicyclic) bond motifs is 1. The summed E-state index contributed by atoms with van der Waals surface area (Å²) in [5.74, 6) is 0.0705. The molecule has 0 bridgehead atoms. The molecular formula is C17H15N3O6. The number of anilines is 1. The molecule has 0 radical (unpaired) electrons. The first kappa shape index (κ1) is 17.2. The number of carbonyl (C=O) groups excluding carboxylic acids is 2. The van der Waals surface area contributed by atoms with E-state index < -0.39 is 6.09 Å². The number of aryl methyl sites for hydroxylation is 1. The van der Waals surface area contributed by atoms with Crippen molar-refractivity contribution < 1.29 is 28.2 Å². The predicted molar refractivity (Wildman–Crippen MR) is 90.4 cm³/mol. The van der Waals surface area contributed by atoms with Crippen LogP contribution in [0.1, 0.15) is 23.0 Å². The van der Waals surface area contributed by atoms with Crippen LogP contribution >= 0.6 is 0 Å². The van der Waals surface area contributed by atoms with Gasteiger partial charge in [0.15, 0.2) is 29.7 Å². The van der Waals surface area contributed by atoms with Crippen LogP contribution in [0.2, 0.25) is 0 Å². The summed E-state index contributed by atoms with van der Waals surface area (Å²) in [4.78, 5) is 27.7. The van der Waals surface area contributed by atoms with E-state index in [9.17, 15) is 14.8 Å². The SMILES string of the molecule is COc1ncc(OC(=O)Nc2cc[n+]([O-])cc2C)c2cc(C(C)=O)oc12. The van der Waals surface area contributed by atoms with Crippen LogP contribution in [-0.2, 0) is 0 Å². The number of nitrogens with zero attached hydrogens (tertiary/aromatic N) is 2. The molecule has 0 aromatic carbocycles. The number of pyridine rings is 2. The normalized spacial score (nSPS) is 10.6. The molecular weight excluding hydrogens is 342 g/mol. The van der Waals surface area contributed by atoms with Gasteiger partial charge in [0.05, 0.1) is 24.4 Å². The number of furan rings is 1. The van der Waals surface area contributed by atoms with Gasteiger partial charge in [-0.05, 0) is 13.0 Å². The molecule has 0 aliphatic heterocycles. The zero-order valence-electron chi connectivity index (χ0n) is 14.2. The Hall–Kier alpha value is -3.62. The lowest BCUT2D eigenvalue weighted by Gasteiger charge is -2.09. The van der Waals surface area contributed by atoms with Gasteiger partial charge in [0, 0.05) is 18.6 Å². The molecule has 3 aromatic rings. The fourth-order valence-corrected chi connectivity index (χ4v) is 2.34. The third-order valence-electron chi connectivity index (χ3n) is 3.60. The van der Waals surface area contributed by atoms with Gasteiger partial charge in [0.25, 0.3) is 5.88 Å². The highest BCUT2D eigenvalue weighted by atomic mass is 16.6. The Morgan fingerprint density at radius 3 is 2.81 bits per heavy atom. The summed E-state index contributed by atoms with van der Waals surface area (Å²) >= 11 is 0. The molecule has 0 saturated heterocycles. The minimum absolute atomic E-state index is 0.0930. The summed E-state index contributed by atoms with van der Waals surface area (Å²) in [6.07, 6.45) is 3.09. The first-order chi connectivity index (χ1) is 12.4. The van der Waals surface area contributed by atoms with Crippen LogP contribution in [0.5, 0.6) is 11.6 Å². The van der Waals surface area contributed by atoms with Gasteiger partial charge in [-0.25, -0.2) is 9.78 Å². The third kappa shape index (κ3) is 3.27. The molecule has 26 heavy (non-hydrogen) atoms. The Morgan fingerprint density at radius 1 is 1.38 bits per heavy atom. The van der Waals surface area contributed by atoms with Crippen molar-refractivity contribution >= 4 is 28.5 Å². The molecule has 0 saturated carbocycles. The molecule has 134 valence electrons. The number of methoxy groups -OCH3 is 1. The predicted octanol–water partition coefficient (Wildman–Crippen LogP) is 2.59. The number of carbonyl (C=O) groups is 2. The Morgan fingerprint density at radius 2 is 2.15 bits per heavy atom. The molecule has 0 aliphatic rings. The number of ketones is 1. The van der Waals surface area contributed by atoms with E-state index in [0.29, 0.717) is 21.4 Å². The molecule has 9 nitrogen and oxygen atoms in total. The van der Waals surface area contributed by atoms with Crippen molar-refractivity contribution in [2.45, 2.75) is 13.8 Å². The lowest BCUT2D eigenvalue weighted by atomic mass is 10.2. The van der Waals surface area contributed by atoms with Crippen molar-refractivity contribution in [1.82, 2.24) is 4.98 Å². The second-order valence-electron chi connectivity index (χ2n) is 5.46. The second-order valence-corrected chi connectivity index (χ2v) is 5.46. The van der Waals surface area contributed by atoms with Crippen LogP contribution in [0.3, 0.4) is 0 Å². The first-order valence-corrected chi connectivity index (χ1v) is 7.54. The molecule has 3 heterocycles. The maximum absolute atomic E-state index is 12.2. The zero-order chi connectivity index (χ0) is 18.8. The molecule has 1 amide bonds. The molecule has 0 aliphatic carbocycles. The fourth-order valence-electron chi connectivity index (χ4n) is 2.34. The number of rotatable bonds is 4. The summed E-state index contributed by atoms with van der Waals surface area (Å²) in [7, 11) is 1.41. The number of amides is 1. The van der Waals surface area contributed by atoms with E-state index in [0.717, 1.165) is 0 Å². The third-order valence-corrected chi connectivity index (χ3v) is 3.60. The number of Topliss-reactive ketones (excluding diaryl/α,β-unsaturated/α-hetero) is 1. The van der Waals surface area contributed by atoms with Crippen LogP contribution in [0.15, 0.2) is 35.1 Å². The van der Waals surface area contributed by atoms with Crippen LogP contribution in [-0.4, -0.2) is 24.0 Å². The molecule has 3 rings (SSSR count). The lowest BCUT2D eigenvalue weighted by molar-refractivity contribution is -0.605. The van der Waals surface area contributed by atoms with Crippen LogP contribution in [0, 0.1) is 12.1 Å². The highest BCUT2D eigenvalue weighted by molar-refractivity contribution is 5.99. The molecule has 0 fully saturated rings. The minimum Gasteiger partial charge on any atom is -0.619 e. The fraction of sp³-hybridized carbons (Fsp3) is 0.176. The standard InChI is InChI=1S/C17H15N3O6/c1-9-8-20(23)5-4-12(9)19-17(22)26-14-7-18-16(24-3)15-11(14)6-13(25-15)10(2)21/h4-8H,1-3H3,(H,19,22). The summed E-state index contributed by atoms with van der Waals surface area (Å²) in [6.45, 7) is 3.03. The van der Waals surface area contributed by atoms with Crippen LogP contribution in [0.4, 0.5) is 10.5 Å². The van der Waals surface area contributed by atoms with Gasteiger partial charge in [-0.1, -0.05) is 0 Å². The van der Waals surface area contributed by atoms with Gasteiger partial charge >= 0.3 is 6.09 Å². The van der Waals surface area contributed by atoms with E-state index in [2.05, 4.69) is 10.3 Å². The minimum atomic E-state index is -0.782. The maximum Gasteiger partial charge on any atom is 0.417 e. The number of hydrogen-bond donors (Lipinski definition) is 1. The van der Waals surface area contributed by atoms with Gasteiger partial charge < -0.3 is 19.1 Å². The monoisotopic (exact) mass is 357 g/mol. The highest BCUT2D eigenvalue weighted by Gasteiger charge is 2.19. The maximum atomic E-state index is 12.2. The Bertz CT molecular complexity index is 1010. The van der Waals surface area contributed by atoms with Gasteiger partial charge in [0.1, 0.15) is 0 Å². The zero-order valence-corrected chi connectivity index (χ0v) is 14.2. The van der Waals surface area contributed by atoms with Crippen molar-refractivity contribution in [2.75, 3.05) is 12.4 Å². The Balaban J connectivity index is 1.90. The van der Waals surface area contributed by atoms with Gasteiger partial charge in [-0.2, -0.15) is 4.73 Å². The molecule has 9 heteroatoms. The van der Waals surface area contributed by atoms with E-state index in [4.69, 9.17) is 13.9 Å². The number of aromatic nitrogens is 2. The average Bonchev–Trinajstić information content (AvgIpc) is 3.04. The summed E-state index contributed by atoms with van der Waals surface area (Å²) in [5, 5.41) is 14.1. The van der Waals surface area contributed by atoms with Crippen molar-refractivity contribution in [3.8, 4) is 11.6 Å². The summed E-state index contributed by atoms with van der Waals surface area (Å²) in [6, 6.07) is 2.91. The summed E-state index contributed by atoms with van der Waals surface area (Å²) in [5.41, 5.74) is 1.20. The van der Waals surface area contributed by atoms with E-state index in [1.165, 1.54) is 44.8 Å². The first-order valence-electron chi connectivity index (χ1n) is 7.54. The number of ether oxygens (including phenoxy) is 2. The topological polar surface area (TPSA) is 118 Å². The van der Waals surface area contributed by atoms with Crippen LogP contribution < -0.4 is 19.5 Å². The van der Waals surface area contributed by atoms with Crippen molar-refractivity contribution in [1.29, 1.82) is 0 Å². The van der Waals surface area contributed by atoms with Crippen molar-refractivity contribution in [2.24, 2.45) is 0 Å². The molecule has 0 unspecified atom stereocenters. The molecule has 0 spiro atoms. The smallest absolute Gasteiger partial charge is 0.417 e. The highest BCUT2D eigenvalue weighted by Crippen LogP contribution is 2.34. The van der Waals surface area contributed by atoms with E-state index in [1.807, 2.05) is 0 Å². The second kappa shape index (κ2) is 6.71. The van der Waals surface area contributed by atoms with E-state index in [1.54, 1.807) is 6.92 Å². The largest absolute Gasteiger partial charge is 0.619 e. The Labute approximate surface area is 147 Å². The van der Waals surface area contributed by atoms with Crippen molar-refractivity contribution in [3.63, 3.8) is 0 Å². The van der Waals surface area contributed by atoms with Gasteiger partial charge in [-0.3, -0.25) is 10.1 Å². The van der Waals surface area contributed by atoms with E-state index >= 15 is 0 Å². The summed E-state index contributed by atoms with van der Waals surface area (Å²) < 4.78 is 16.4. The lowest BCUT2D eigenvalue weighted by Crippen LogP contribution is -2.26. The molecule has 3 aromatic heterocycles. The number of hydrogen-bond acceptors (Lipinski definition) is 7. The number of nitrogens with one attached hydrogen (secondary N) is 1.